The Balaban J connectivity index is 3.85. The molecule has 6 heavy (non-hydrogen) atoms. The molecule has 0 saturated heterocycles. The minimum atomic E-state index is -2.80. The maximum atomic E-state index is 9.94. The zero-order valence-corrected chi connectivity index (χ0v) is 6.15. The fourth-order valence-corrected chi connectivity index (χ4v) is 0. The van der Waals surface area contributed by atoms with Crippen LogP contribution < -0.4 is 0 Å². The van der Waals surface area contributed by atoms with Crippen LogP contribution in [0, 0.1) is 0 Å². The first-order valence-electron chi connectivity index (χ1n) is 1.20. The van der Waals surface area contributed by atoms with Gasteiger partial charge in [-0.15, -0.1) is 22.4 Å². The summed E-state index contributed by atoms with van der Waals surface area (Å²) in [7, 11) is -2.80. The molecule has 0 aromatic carbocycles. The van der Waals surface area contributed by atoms with Crippen LogP contribution >= 0.6 is 22.4 Å². The Morgan fingerprint density at radius 2 is 1.83 bits per heavy atom. The van der Waals surface area contributed by atoms with E-state index in [-0.39, 0.29) is 0 Å². The third-order valence-corrected chi connectivity index (χ3v) is 3.26. The molecule has 35 valence electrons. The zero-order chi connectivity index (χ0) is 5.21. The molecule has 0 aromatic rings. The highest BCUT2D eigenvalue weighted by molar-refractivity contribution is 14.1. The Kier molecular flexibility index (Phi) is 2.42. The highest BCUT2D eigenvalue weighted by Crippen LogP contribution is 1.83. The SMILES string of the molecule is CS(=O)(=O)[B]I. The first-order valence-corrected chi connectivity index (χ1v) is 4.40. The fraction of sp³-hybridized carbons (Fsp3) is 1.00. The summed E-state index contributed by atoms with van der Waals surface area (Å²) in [5.74, 6) is 0. The molecule has 0 saturated carbocycles. The molecule has 0 aromatic heterocycles. The predicted octanol–water partition coefficient (Wildman–Crippen LogP) is 0.000200. The van der Waals surface area contributed by atoms with Crippen LogP contribution in [-0.4, -0.2) is 19.1 Å². The molecule has 0 aliphatic heterocycles. The Hall–Kier alpha value is 0.745. The highest BCUT2D eigenvalue weighted by Gasteiger charge is 1.97. The summed E-state index contributed by atoms with van der Waals surface area (Å²) < 4.78 is 21.0. The summed E-state index contributed by atoms with van der Waals surface area (Å²) in [5.41, 5.74) is 0. The van der Waals surface area contributed by atoms with Crippen LogP contribution in [0.1, 0.15) is 0 Å². The average Bonchev–Trinajstić information content (AvgIpc) is 1.35. The molecule has 5 heteroatoms. The van der Waals surface area contributed by atoms with Gasteiger partial charge in [0.2, 0.25) is 0 Å². The van der Waals surface area contributed by atoms with Crippen LogP contribution in [0.25, 0.3) is 0 Å². The van der Waals surface area contributed by atoms with E-state index in [2.05, 4.69) is 0 Å². The van der Waals surface area contributed by atoms with Gasteiger partial charge in [-0.05, 0) is 0 Å². The van der Waals surface area contributed by atoms with Crippen molar-refractivity contribution in [3.8, 4) is 0 Å². The van der Waals surface area contributed by atoms with Crippen LogP contribution in [0.15, 0.2) is 0 Å². The highest BCUT2D eigenvalue weighted by atomic mass is 127. The molecule has 0 fully saturated rings. The number of hydrogen-bond acceptors (Lipinski definition) is 2. The van der Waals surface area contributed by atoms with E-state index in [0.29, 0.717) is 0 Å². The van der Waals surface area contributed by atoms with Crippen LogP contribution in [0.3, 0.4) is 0 Å². The van der Waals surface area contributed by atoms with E-state index in [1.165, 1.54) is 0 Å². The van der Waals surface area contributed by atoms with Crippen molar-refractivity contribution in [3.05, 3.63) is 0 Å². The predicted molar refractivity (Wildman–Crippen MR) is 34.6 cm³/mol. The van der Waals surface area contributed by atoms with Gasteiger partial charge in [0.05, 0.1) is 0 Å². The topological polar surface area (TPSA) is 34.1 Å². The second-order valence-electron chi connectivity index (χ2n) is 0.919. The molecule has 0 unspecified atom stereocenters. The van der Waals surface area contributed by atoms with E-state index in [1.54, 1.807) is 22.4 Å². The molecule has 0 atom stereocenters. The van der Waals surface area contributed by atoms with Crippen molar-refractivity contribution in [3.63, 3.8) is 0 Å². The molecule has 2 nitrogen and oxygen atoms in total. The van der Waals surface area contributed by atoms with Gasteiger partial charge in [0.1, 0.15) is 9.69 Å². The van der Waals surface area contributed by atoms with Crippen LogP contribution in [0.4, 0.5) is 0 Å². The Bertz CT molecular complexity index is 116. The monoisotopic (exact) mass is 217 g/mol. The lowest BCUT2D eigenvalue weighted by Crippen LogP contribution is -1.98. The molecule has 0 rings (SSSR count). The maximum Gasteiger partial charge on any atom is 0.361 e. The maximum absolute atomic E-state index is 9.94. The van der Waals surface area contributed by atoms with E-state index in [4.69, 9.17) is 0 Å². The van der Waals surface area contributed by atoms with Crippen molar-refractivity contribution >= 4 is 36.5 Å². The van der Waals surface area contributed by atoms with Crippen molar-refractivity contribution in [1.82, 2.24) is 0 Å². The minimum Gasteiger partial charge on any atom is -0.241 e. The zero-order valence-electron chi connectivity index (χ0n) is 3.18. The fourth-order valence-electron chi connectivity index (χ4n) is 0. The quantitative estimate of drug-likeness (QED) is 0.457. The van der Waals surface area contributed by atoms with Gasteiger partial charge in [0.25, 0.3) is 0 Å². The Morgan fingerprint density at radius 1 is 1.67 bits per heavy atom. The molecular formula is CH3BIO2S. The molecule has 0 heterocycles. The van der Waals surface area contributed by atoms with Crippen molar-refractivity contribution in [2.45, 2.75) is 0 Å². The van der Waals surface area contributed by atoms with Gasteiger partial charge in [0, 0.05) is 6.26 Å². The van der Waals surface area contributed by atoms with E-state index >= 15 is 0 Å². The van der Waals surface area contributed by atoms with Gasteiger partial charge in [-0.3, -0.25) is 0 Å². The van der Waals surface area contributed by atoms with Crippen LogP contribution in [-0.2, 0) is 9.69 Å². The standard InChI is InChI=1S/CH3BIO2S/c1-6(4,5)2-3/h1H3. The van der Waals surface area contributed by atoms with E-state index in [9.17, 15) is 8.42 Å². The van der Waals surface area contributed by atoms with Gasteiger partial charge in [0.15, 0.2) is 0 Å². The largest absolute Gasteiger partial charge is 0.361 e. The third kappa shape index (κ3) is 4.74. The van der Waals surface area contributed by atoms with Gasteiger partial charge >= 0.3 is 4.41 Å². The lowest BCUT2D eigenvalue weighted by Gasteiger charge is -1.76. The summed E-state index contributed by atoms with van der Waals surface area (Å²) >= 11 is 1.68. The number of hydrogen-bond donors (Lipinski definition) is 0. The first kappa shape index (κ1) is 6.74. The van der Waals surface area contributed by atoms with Crippen molar-refractivity contribution in [1.29, 1.82) is 0 Å². The van der Waals surface area contributed by atoms with Gasteiger partial charge in [-0.2, -0.15) is 0 Å². The van der Waals surface area contributed by atoms with Gasteiger partial charge < -0.3 is 0 Å². The second-order valence-corrected chi connectivity index (χ2v) is 4.28. The molecule has 0 amide bonds. The van der Waals surface area contributed by atoms with Crippen LogP contribution in [0.5, 0.6) is 0 Å². The summed E-state index contributed by atoms with van der Waals surface area (Å²) in [5, 5.41) is 0. The van der Waals surface area contributed by atoms with E-state index in [1.807, 2.05) is 0 Å². The third-order valence-electron chi connectivity index (χ3n) is 0.162. The van der Waals surface area contributed by atoms with E-state index < -0.39 is 9.69 Å². The molecule has 0 N–H and O–H groups in total. The van der Waals surface area contributed by atoms with Crippen LogP contribution in [0.2, 0.25) is 0 Å². The summed E-state index contributed by atoms with van der Waals surface area (Å²) in [4.78, 5) is 0. The van der Waals surface area contributed by atoms with Gasteiger partial charge in [-0.25, -0.2) is 8.42 Å². The van der Waals surface area contributed by atoms with Gasteiger partial charge in [-0.1, -0.05) is 0 Å². The summed E-state index contributed by atoms with van der Waals surface area (Å²) in [6.45, 7) is 0. The van der Waals surface area contributed by atoms with Crippen molar-refractivity contribution in [2.24, 2.45) is 0 Å². The van der Waals surface area contributed by atoms with Crippen molar-refractivity contribution < 1.29 is 8.42 Å². The normalized spacial score (nSPS) is 11.0. The lowest BCUT2D eigenvalue weighted by molar-refractivity contribution is 0.614. The lowest BCUT2D eigenvalue weighted by atomic mass is 10.8. The molecule has 0 aliphatic rings. The summed E-state index contributed by atoms with van der Waals surface area (Å²) in [6, 6.07) is 0. The first-order chi connectivity index (χ1) is 2.56. The average molecular weight is 217 g/mol. The minimum absolute atomic E-state index is 1.13. The molecule has 0 aliphatic carbocycles. The molecular weight excluding hydrogens is 214 g/mol. The number of rotatable bonds is 1. The molecule has 1 radical (unpaired) electrons. The van der Waals surface area contributed by atoms with E-state index in [0.717, 1.165) is 10.7 Å². The smallest absolute Gasteiger partial charge is 0.241 e. The Labute approximate surface area is 51.2 Å². The Morgan fingerprint density at radius 3 is 1.83 bits per heavy atom. The summed E-state index contributed by atoms with van der Waals surface area (Å²) in [6.07, 6.45) is 1.15. The molecule has 0 bridgehead atoms. The second kappa shape index (κ2) is 2.16. The molecule has 0 spiro atoms. The van der Waals surface area contributed by atoms with Crippen molar-refractivity contribution in [2.75, 3.05) is 6.26 Å². The number of halogens is 1.